The lowest BCUT2D eigenvalue weighted by Gasteiger charge is -2.22. The van der Waals surface area contributed by atoms with Crippen LogP contribution in [0, 0.1) is 0 Å². The van der Waals surface area contributed by atoms with E-state index in [9.17, 15) is 13.9 Å². The molecule has 190 valence electrons. The Bertz CT molecular complexity index is 1120. The smallest absolute Gasteiger partial charge is 0.264 e. The summed E-state index contributed by atoms with van der Waals surface area (Å²) in [4.78, 5) is 10.6. The van der Waals surface area contributed by atoms with Gasteiger partial charge in [-0.25, -0.2) is 13.8 Å². The van der Waals surface area contributed by atoms with Gasteiger partial charge in [-0.2, -0.15) is 10.1 Å². The summed E-state index contributed by atoms with van der Waals surface area (Å²) in [5.74, 6) is 0.643. The maximum Gasteiger partial charge on any atom is 0.264 e. The van der Waals surface area contributed by atoms with Gasteiger partial charge >= 0.3 is 0 Å². The molecule has 0 amide bonds. The Morgan fingerprint density at radius 1 is 1.31 bits per heavy atom. The second-order valence-electron chi connectivity index (χ2n) is 8.81. The van der Waals surface area contributed by atoms with Crippen molar-refractivity contribution in [1.82, 2.24) is 25.1 Å². The number of nitrogens with two attached hydrogens (primary N) is 1. The molecule has 4 N–H and O–H groups in total. The van der Waals surface area contributed by atoms with E-state index in [0.29, 0.717) is 48.7 Å². The summed E-state index contributed by atoms with van der Waals surface area (Å²) in [7, 11) is 0. The number of alkyl halides is 2. The highest BCUT2D eigenvalue weighted by Crippen LogP contribution is 2.27. The monoisotopic (exact) mass is 489 g/mol. The van der Waals surface area contributed by atoms with Gasteiger partial charge in [0, 0.05) is 37.8 Å². The van der Waals surface area contributed by atoms with E-state index >= 15 is 0 Å². The summed E-state index contributed by atoms with van der Waals surface area (Å²) in [6.07, 6.45) is 1.91. The van der Waals surface area contributed by atoms with Crippen molar-refractivity contribution in [3.8, 4) is 0 Å². The SMILES string of the molecule is CCCCN(CCO)c1nc(N)nc2cn(Cc3ccc(CN[C@H]4CCOC4)cc3C(F)F)nc12. The molecule has 0 saturated carbocycles. The number of ether oxygens (including phenoxy) is 1. The van der Waals surface area contributed by atoms with Gasteiger partial charge < -0.3 is 25.8 Å². The molecule has 1 fully saturated rings. The summed E-state index contributed by atoms with van der Waals surface area (Å²) in [5.41, 5.74) is 8.28. The third-order valence-electron chi connectivity index (χ3n) is 6.16. The molecular weight excluding hydrogens is 456 g/mol. The highest BCUT2D eigenvalue weighted by Gasteiger charge is 2.20. The summed E-state index contributed by atoms with van der Waals surface area (Å²) in [6, 6.07) is 5.41. The number of aliphatic hydroxyl groups excluding tert-OH is 1. The van der Waals surface area contributed by atoms with Crippen LogP contribution in [-0.4, -0.2) is 63.8 Å². The Kier molecular flexibility index (Phi) is 8.42. The second-order valence-corrected chi connectivity index (χ2v) is 8.81. The fourth-order valence-electron chi connectivity index (χ4n) is 4.29. The number of benzene rings is 1. The molecule has 1 aliphatic heterocycles. The van der Waals surface area contributed by atoms with Crippen LogP contribution < -0.4 is 16.0 Å². The number of aliphatic hydroxyl groups is 1. The Labute approximate surface area is 203 Å². The van der Waals surface area contributed by atoms with Crippen LogP contribution in [0.4, 0.5) is 20.5 Å². The first-order valence-electron chi connectivity index (χ1n) is 12.1. The number of halogens is 2. The zero-order valence-electron chi connectivity index (χ0n) is 20.0. The van der Waals surface area contributed by atoms with E-state index in [1.54, 1.807) is 23.0 Å². The molecule has 0 radical (unpaired) electrons. The average Bonchev–Trinajstić information content (AvgIpc) is 3.50. The molecular formula is C24H33F2N7O2. The molecule has 9 nitrogen and oxygen atoms in total. The van der Waals surface area contributed by atoms with E-state index in [4.69, 9.17) is 10.5 Å². The molecule has 1 aliphatic rings. The van der Waals surface area contributed by atoms with Gasteiger partial charge in [-0.3, -0.25) is 4.68 Å². The zero-order chi connectivity index (χ0) is 24.8. The van der Waals surface area contributed by atoms with E-state index in [1.807, 2.05) is 11.0 Å². The molecule has 11 heteroatoms. The van der Waals surface area contributed by atoms with Gasteiger partial charge in [0.25, 0.3) is 6.43 Å². The van der Waals surface area contributed by atoms with E-state index in [2.05, 4.69) is 27.3 Å². The molecule has 0 aliphatic carbocycles. The molecule has 1 atom stereocenters. The molecule has 0 unspecified atom stereocenters. The lowest BCUT2D eigenvalue weighted by molar-refractivity contribution is 0.150. The Morgan fingerprint density at radius 3 is 2.89 bits per heavy atom. The van der Waals surface area contributed by atoms with Crippen molar-refractivity contribution in [3.05, 3.63) is 41.1 Å². The van der Waals surface area contributed by atoms with Crippen molar-refractivity contribution in [2.45, 2.75) is 51.7 Å². The van der Waals surface area contributed by atoms with E-state index in [1.165, 1.54) is 0 Å². The zero-order valence-corrected chi connectivity index (χ0v) is 20.0. The Hall–Kier alpha value is -2.89. The van der Waals surface area contributed by atoms with Crippen LogP contribution in [0.15, 0.2) is 24.4 Å². The van der Waals surface area contributed by atoms with Crippen molar-refractivity contribution in [1.29, 1.82) is 0 Å². The lowest BCUT2D eigenvalue weighted by Crippen LogP contribution is -2.29. The van der Waals surface area contributed by atoms with Crippen molar-refractivity contribution >= 4 is 22.8 Å². The number of nitrogens with zero attached hydrogens (tertiary/aromatic N) is 5. The number of nitrogen functional groups attached to an aromatic ring is 1. The predicted octanol–water partition coefficient (Wildman–Crippen LogP) is 2.87. The van der Waals surface area contributed by atoms with Crippen molar-refractivity contribution < 1.29 is 18.6 Å². The highest BCUT2D eigenvalue weighted by atomic mass is 19.3. The van der Waals surface area contributed by atoms with Crippen LogP contribution >= 0.6 is 0 Å². The first-order chi connectivity index (χ1) is 17.0. The number of rotatable bonds is 12. The first kappa shape index (κ1) is 25.2. The van der Waals surface area contributed by atoms with Gasteiger partial charge in [-0.05, 0) is 30.0 Å². The number of nitrogens with one attached hydrogen (secondary N) is 1. The molecule has 0 bridgehead atoms. The topological polar surface area (TPSA) is 114 Å². The fraction of sp³-hybridized carbons (Fsp3) is 0.542. The number of aromatic nitrogens is 4. The number of anilines is 2. The van der Waals surface area contributed by atoms with Crippen LogP contribution in [0.5, 0.6) is 0 Å². The van der Waals surface area contributed by atoms with Crippen LogP contribution in [0.1, 0.15) is 49.3 Å². The fourth-order valence-corrected chi connectivity index (χ4v) is 4.29. The number of hydrogen-bond acceptors (Lipinski definition) is 8. The third-order valence-corrected chi connectivity index (χ3v) is 6.16. The van der Waals surface area contributed by atoms with Crippen molar-refractivity contribution in [2.75, 3.05) is 43.5 Å². The molecule has 3 heterocycles. The van der Waals surface area contributed by atoms with Gasteiger partial charge in [0.2, 0.25) is 5.95 Å². The van der Waals surface area contributed by atoms with Gasteiger partial charge in [-0.1, -0.05) is 25.5 Å². The minimum atomic E-state index is -2.61. The van der Waals surface area contributed by atoms with E-state index in [-0.39, 0.29) is 30.7 Å². The van der Waals surface area contributed by atoms with E-state index < -0.39 is 6.43 Å². The Morgan fingerprint density at radius 2 is 2.17 bits per heavy atom. The molecule has 35 heavy (non-hydrogen) atoms. The molecule has 3 aromatic rings. The second kappa shape index (κ2) is 11.7. The largest absolute Gasteiger partial charge is 0.395 e. The first-order valence-corrected chi connectivity index (χ1v) is 12.1. The van der Waals surface area contributed by atoms with E-state index in [0.717, 1.165) is 31.4 Å². The number of hydrogen-bond donors (Lipinski definition) is 3. The summed E-state index contributed by atoms with van der Waals surface area (Å²) >= 11 is 0. The van der Waals surface area contributed by atoms with Crippen LogP contribution in [0.3, 0.4) is 0 Å². The van der Waals surface area contributed by atoms with Crippen LogP contribution in [0.2, 0.25) is 0 Å². The van der Waals surface area contributed by atoms with Crippen LogP contribution in [0.25, 0.3) is 11.0 Å². The minimum absolute atomic E-state index is 0.0118. The highest BCUT2D eigenvalue weighted by molar-refractivity contribution is 5.86. The standard InChI is InChI=1S/C24H33F2N7O2/c1-2-3-7-32(8-9-34)23-21-20(29-24(27)30-23)14-33(31-21)13-17-5-4-16(11-19(17)22(25)26)12-28-18-6-10-35-15-18/h4-5,11,14,18,22,28,34H,2-3,6-10,12-13,15H2,1H3,(H2,27,29)/t18-/m0/s1. The summed E-state index contributed by atoms with van der Waals surface area (Å²) in [6.45, 7) is 5.17. The van der Waals surface area contributed by atoms with Crippen molar-refractivity contribution in [3.63, 3.8) is 0 Å². The summed E-state index contributed by atoms with van der Waals surface area (Å²) in [5, 5.41) is 17.5. The number of fused-ring (bicyclic) bond motifs is 1. The molecule has 4 rings (SSSR count). The maximum atomic E-state index is 13.9. The predicted molar refractivity (Wildman–Crippen MR) is 131 cm³/mol. The third kappa shape index (κ3) is 6.22. The van der Waals surface area contributed by atoms with Gasteiger partial charge in [-0.15, -0.1) is 0 Å². The molecule has 0 spiro atoms. The number of unbranched alkanes of at least 4 members (excludes halogenated alkanes) is 1. The van der Waals surface area contributed by atoms with Gasteiger partial charge in [0.05, 0.1) is 26.0 Å². The van der Waals surface area contributed by atoms with Crippen molar-refractivity contribution in [2.24, 2.45) is 0 Å². The van der Waals surface area contributed by atoms with Gasteiger partial charge in [0.15, 0.2) is 11.3 Å². The Balaban J connectivity index is 1.58. The summed E-state index contributed by atoms with van der Waals surface area (Å²) < 4.78 is 34.8. The quantitative estimate of drug-likeness (QED) is 0.356. The normalized spacial score (nSPS) is 16.0. The molecule has 1 saturated heterocycles. The maximum absolute atomic E-state index is 13.9. The minimum Gasteiger partial charge on any atom is -0.395 e. The average molecular weight is 490 g/mol. The lowest BCUT2D eigenvalue weighted by atomic mass is 10.0. The van der Waals surface area contributed by atoms with Gasteiger partial charge in [0.1, 0.15) is 5.52 Å². The molecule has 1 aromatic carbocycles. The van der Waals surface area contributed by atoms with Crippen LogP contribution in [-0.2, 0) is 17.8 Å². The molecule has 2 aromatic heterocycles.